The highest BCUT2D eigenvalue weighted by molar-refractivity contribution is 9.42. The summed E-state index contributed by atoms with van der Waals surface area (Å²) in [6.45, 7) is -0.151. The van der Waals surface area contributed by atoms with Crippen molar-refractivity contribution < 1.29 is 18.6 Å². The molecule has 102 valence electrons. The molecule has 1 rings (SSSR count). The number of benzene rings is 1. The highest BCUT2D eigenvalue weighted by Crippen LogP contribution is 2.47. The van der Waals surface area contributed by atoms with Gasteiger partial charge in [-0.3, -0.25) is 5.26 Å². The molecule has 0 unspecified atom stereocenters. The first-order valence-electron chi connectivity index (χ1n) is 4.17. The van der Waals surface area contributed by atoms with Gasteiger partial charge in [-0.25, -0.2) is 13.3 Å². The molecule has 0 spiro atoms. The zero-order chi connectivity index (χ0) is 14.1. The van der Waals surface area contributed by atoms with Gasteiger partial charge in [0.2, 0.25) is 11.3 Å². The molecule has 0 fully saturated rings. The summed E-state index contributed by atoms with van der Waals surface area (Å²) in [6, 6.07) is 2.69. The van der Waals surface area contributed by atoms with Crippen molar-refractivity contribution in [2.75, 3.05) is 0 Å². The van der Waals surface area contributed by atoms with Crippen molar-refractivity contribution >= 4 is 80.8 Å². The molecule has 0 aromatic heterocycles. The summed E-state index contributed by atoms with van der Waals surface area (Å²) in [5.41, 5.74) is 0.441. The molecule has 0 aliphatic rings. The minimum Gasteiger partial charge on any atom is -0.251 e. The standard InChI is InChI=1S/C8H5Br3Cl2O4S/c9-8(10,11)18(15,16)7-5(12)1-4(3-17-14)2-6(7)13/h1-2,14H,3H2. The largest absolute Gasteiger partial charge is 0.251 e. The first kappa shape index (κ1) is 17.2. The maximum Gasteiger partial charge on any atom is 0.239 e. The third-order valence-corrected chi connectivity index (χ3v) is 8.11. The fourth-order valence-corrected chi connectivity index (χ4v) is 4.60. The zero-order valence-electron chi connectivity index (χ0n) is 8.33. The Kier molecular flexibility index (Phi) is 5.97. The first-order valence-corrected chi connectivity index (χ1v) is 8.78. The van der Waals surface area contributed by atoms with Gasteiger partial charge < -0.3 is 0 Å². The molecule has 1 aromatic rings. The highest BCUT2D eigenvalue weighted by Gasteiger charge is 2.40. The van der Waals surface area contributed by atoms with Crippen LogP contribution < -0.4 is 0 Å². The van der Waals surface area contributed by atoms with Gasteiger partial charge in [-0.15, -0.1) is 0 Å². The van der Waals surface area contributed by atoms with Crippen molar-refractivity contribution in [3.05, 3.63) is 27.7 Å². The second kappa shape index (κ2) is 6.26. The third kappa shape index (κ3) is 3.60. The molecule has 4 nitrogen and oxygen atoms in total. The van der Waals surface area contributed by atoms with Gasteiger partial charge >= 0.3 is 0 Å². The number of sulfone groups is 1. The van der Waals surface area contributed by atoms with E-state index in [1.807, 2.05) is 0 Å². The molecule has 0 amide bonds. The Morgan fingerprint density at radius 1 is 1.22 bits per heavy atom. The average molecular weight is 508 g/mol. The van der Waals surface area contributed by atoms with Crippen LogP contribution in [0.2, 0.25) is 10.0 Å². The van der Waals surface area contributed by atoms with Crippen molar-refractivity contribution in [2.45, 2.75) is 13.0 Å². The summed E-state index contributed by atoms with van der Waals surface area (Å²) in [6.07, 6.45) is 0. The van der Waals surface area contributed by atoms with Crippen molar-refractivity contribution in [1.29, 1.82) is 0 Å². The topological polar surface area (TPSA) is 63.6 Å². The molecule has 0 aliphatic heterocycles. The van der Waals surface area contributed by atoms with E-state index in [2.05, 4.69) is 52.7 Å². The maximum atomic E-state index is 12.2. The van der Waals surface area contributed by atoms with Gasteiger partial charge in [0.15, 0.2) is 0 Å². The molecule has 18 heavy (non-hydrogen) atoms. The smallest absolute Gasteiger partial charge is 0.239 e. The van der Waals surface area contributed by atoms with E-state index in [4.69, 9.17) is 28.5 Å². The summed E-state index contributed by atoms with van der Waals surface area (Å²) in [7, 11) is -3.89. The highest BCUT2D eigenvalue weighted by atomic mass is 80.0. The maximum absolute atomic E-state index is 12.2. The Morgan fingerprint density at radius 3 is 2.00 bits per heavy atom. The van der Waals surface area contributed by atoms with Crippen LogP contribution in [0.3, 0.4) is 0 Å². The molecule has 0 aliphatic carbocycles. The van der Waals surface area contributed by atoms with E-state index >= 15 is 0 Å². The van der Waals surface area contributed by atoms with Gasteiger partial charge in [0.25, 0.3) is 0 Å². The summed E-state index contributed by atoms with van der Waals surface area (Å²) < 4.78 is 22.8. The van der Waals surface area contributed by atoms with Gasteiger partial charge in [-0.2, -0.15) is 0 Å². The molecule has 0 heterocycles. The van der Waals surface area contributed by atoms with E-state index < -0.39 is 11.3 Å². The second-order valence-corrected chi connectivity index (χ2v) is 14.3. The number of hydrogen-bond acceptors (Lipinski definition) is 4. The summed E-state index contributed by atoms with van der Waals surface area (Å²) in [4.78, 5) is 3.70. The first-order chi connectivity index (χ1) is 8.11. The summed E-state index contributed by atoms with van der Waals surface area (Å²) in [5.74, 6) is 0. The Balaban J connectivity index is 3.45. The summed E-state index contributed by atoms with van der Waals surface area (Å²) >= 11 is 20.5. The van der Waals surface area contributed by atoms with Crippen LogP contribution in [0.4, 0.5) is 0 Å². The molecular weight excluding hydrogens is 503 g/mol. The van der Waals surface area contributed by atoms with E-state index in [0.29, 0.717) is 5.56 Å². The Bertz CT molecular complexity index is 533. The molecule has 0 saturated heterocycles. The van der Waals surface area contributed by atoms with Crippen LogP contribution in [0.25, 0.3) is 0 Å². The number of rotatable bonds is 3. The quantitative estimate of drug-likeness (QED) is 0.370. The lowest BCUT2D eigenvalue weighted by molar-refractivity contribution is -0.253. The van der Waals surface area contributed by atoms with Crippen LogP contribution in [0.1, 0.15) is 5.56 Å². The van der Waals surface area contributed by atoms with Crippen molar-refractivity contribution in [1.82, 2.24) is 0 Å². The summed E-state index contributed by atoms with van der Waals surface area (Å²) in [5, 5.41) is 8.19. The second-order valence-electron chi connectivity index (χ2n) is 3.11. The normalized spacial score (nSPS) is 12.8. The number of halogens is 5. The SMILES string of the molecule is O=S(=O)(c1c(Cl)cc(COO)cc1Cl)C(Br)(Br)Br. The third-order valence-electron chi connectivity index (χ3n) is 1.86. The van der Waals surface area contributed by atoms with Crippen LogP contribution in [0.15, 0.2) is 17.0 Å². The fraction of sp³-hybridized carbons (Fsp3) is 0.250. The molecule has 1 N–H and O–H groups in total. The minimum atomic E-state index is -3.89. The van der Waals surface area contributed by atoms with Crippen LogP contribution in [0.5, 0.6) is 0 Å². The number of alkyl halides is 3. The van der Waals surface area contributed by atoms with Crippen LogP contribution in [-0.4, -0.2) is 15.1 Å². The van der Waals surface area contributed by atoms with Gasteiger partial charge in [-0.05, 0) is 65.5 Å². The van der Waals surface area contributed by atoms with Crippen LogP contribution in [-0.2, 0) is 21.3 Å². The fourth-order valence-electron chi connectivity index (χ4n) is 1.14. The predicted octanol–water partition coefficient (Wildman–Crippen LogP) is 4.55. The van der Waals surface area contributed by atoms with Crippen molar-refractivity contribution in [3.63, 3.8) is 0 Å². The van der Waals surface area contributed by atoms with E-state index in [1.165, 1.54) is 12.1 Å². The van der Waals surface area contributed by atoms with Crippen LogP contribution >= 0.6 is 71.0 Å². The Hall–Kier alpha value is 1.11. The van der Waals surface area contributed by atoms with Gasteiger partial charge in [0.05, 0.1) is 10.0 Å². The van der Waals surface area contributed by atoms with Gasteiger partial charge in [0.1, 0.15) is 11.5 Å². The predicted molar refractivity (Wildman–Crippen MR) is 80.6 cm³/mol. The molecule has 1 aromatic carbocycles. The lowest BCUT2D eigenvalue weighted by atomic mass is 10.2. The van der Waals surface area contributed by atoms with Gasteiger partial charge in [0, 0.05) is 0 Å². The lowest BCUT2D eigenvalue weighted by Gasteiger charge is -2.16. The Labute approximate surface area is 139 Å². The Morgan fingerprint density at radius 2 is 1.67 bits per heavy atom. The molecule has 10 heteroatoms. The molecule has 0 bridgehead atoms. The minimum absolute atomic E-state index is 0.0720. The van der Waals surface area contributed by atoms with E-state index in [9.17, 15) is 8.42 Å². The van der Waals surface area contributed by atoms with E-state index in [-0.39, 0.29) is 21.5 Å². The number of hydrogen-bond donors (Lipinski definition) is 1. The van der Waals surface area contributed by atoms with Crippen molar-refractivity contribution in [2.24, 2.45) is 0 Å². The molecule has 0 atom stereocenters. The van der Waals surface area contributed by atoms with Gasteiger partial charge in [-0.1, -0.05) is 23.2 Å². The van der Waals surface area contributed by atoms with Crippen LogP contribution in [0, 0.1) is 0 Å². The zero-order valence-corrected chi connectivity index (χ0v) is 15.4. The molecular formula is C8H5Br3Cl2O4S. The van der Waals surface area contributed by atoms with E-state index in [1.54, 1.807) is 0 Å². The average Bonchev–Trinajstić information content (AvgIpc) is 2.14. The monoisotopic (exact) mass is 504 g/mol. The molecule has 0 radical (unpaired) electrons. The van der Waals surface area contributed by atoms with E-state index in [0.717, 1.165) is 0 Å². The lowest BCUT2D eigenvalue weighted by Crippen LogP contribution is -2.19. The van der Waals surface area contributed by atoms with Crippen molar-refractivity contribution in [3.8, 4) is 0 Å². The molecule has 0 saturated carbocycles.